The molecule has 0 radical (unpaired) electrons. The summed E-state index contributed by atoms with van der Waals surface area (Å²) in [6.07, 6.45) is 0.638. The van der Waals surface area contributed by atoms with Gasteiger partial charge in [-0.25, -0.2) is 0 Å². The van der Waals surface area contributed by atoms with E-state index in [4.69, 9.17) is 4.74 Å². The molecule has 26 heavy (non-hydrogen) atoms. The van der Waals surface area contributed by atoms with Crippen molar-refractivity contribution in [2.45, 2.75) is 31.5 Å². The molecule has 0 aromatic heterocycles. The topological polar surface area (TPSA) is 91.0 Å². The SMILES string of the molecule is O=C1CC[C@@H](N2Cc3cc4c(cc3C2=O)OC[C@@H]2CNCCN42)C(=O)N1. The molecule has 4 aliphatic rings. The van der Waals surface area contributed by atoms with E-state index in [0.29, 0.717) is 31.2 Å². The Labute approximate surface area is 150 Å². The lowest BCUT2D eigenvalue weighted by Crippen LogP contribution is -2.55. The van der Waals surface area contributed by atoms with Crippen molar-refractivity contribution < 1.29 is 19.1 Å². The smallest absolute Gasteiger partial charge is 0.255 e. The van der Waals surface area contributed by atoms with E-state index in [9.17, 15) is 14.4 Å². The summed E-state index contributed by atoms with van der Waals surface area (Å²) in [7, 11) is 0. The summed E-state index contributed by atoms with van der Waals surface area (Å²) in [6.45, 7) is 3.71. The maximum Gasteiger partial charge on any atom is 0.255 e. The number of carbonyl (C=O) groups excluding carboxylic acids is 3. The highest BCUT2D eigenvalue weighted by molar-refractivity contribution is 6.05. The third kappa shape index (κ3) is 2.28. The molecule has 0 bridgehead atoms. The monoisotopic (exact) mass is 356 g/mol. The van der Waals surface area contributed by atoms with E-state index in [2.05, 4.69) is 15.5 Å². The van der Waals surface area contributed by atoms with Crippen LogP contribution in [0.25, 0.3) is 0 Å². The molecule has 2 saturated heterocycles. The van der Waals surface area contributed by atoms with Crippen molar-refractivity contribution in [2.24, 2.45) is 0 Å². The largest absolute Gasteiger partial charge is 0.489 e. The van der Waals surface area contributed by atoms with E-state index < -0.39 is 6.04 Å². The van der Waals surface area contributed by atoms with Crippen LogP contribution >= 0.6 is 0 Å². The Morgan fingerprint density at radius 2 is 2.04 bits per heavy atom. The molecule has 3 amide bonds. The van der Waals surface area contributed by atoms with Gasteiger partial charge in [-0.15, -0.1) is 0 Å². The van der Waals surface area contributed by atoms with Crippen LogP contribution in [0.4, 0.5) is 5.69 Å². The lowest BCUT2D eigenvalue weighted by atomic mass is 10.0. The minimum absolute atomic E-state index is 0.164. The van der Waals surface area contributed by atoms with Crippen LogP contribution in [0.2, 0.25) is 0 Å². The summed E-state index contributed by atoms with van der Waals surface area (Å²) in [5.74, 6) is -0.0849. The number of amides is 3. The molecule has 0 saturated carbocycles. The number of piperazine rings is 1. The molecule has 1 aromatic carbocycles. The summed E-state index contributed by atoms with van der Waals surface area (Å²) >= 11 is 0. The molecule has 8 heteroatoms. The summed E-state index contributed by atoms with van der Waals surface area (Å²) in [5.41, 5.74) is 2.54. The fraction of sp³-hybridized carbons (Fsp3) is 0.500. The number of fused-ring (bicyclic) bond motifs is 4. The molecule has 0 spiro atoms. The quantitative estimate of drug-likeness (QED) is 0.667. The zero-order chi connectivity index (χ0) is 17.8. The first kappa shape index (κ1) is 15.6. The van der Waals surface area contributed by atoms with Crippen molar-refractivity contribution in [3.8, 4) is 5.75 Å². The molecule has 2 N–H and O–H groups in total. The number of carbonyl (C=O) groups is 3. The van der Waals surface area contributed by atoms with Gasteiger partial charge in [0.1, 0.15) is 18.4 Å². The highest BCUT2D eigenvalue weighted by atomic mass is 16.5. The van der Waals surface area contributed by atoms with Gasteiger partial charge < -0.3 is 19.9 Å². The lowest BCUT2D eigenvalue weighted by molar-refractivity contribution is -0.136. The second-order valence-corrected chi connectivity index (χ2v) is 7.24. The van der Waals surface area contributed by atoms with Crippen LogP contribution < -0.4 is 20.3 Å². The molecular weight excluding hydrogens is 336 g/mol. The van der Waals surface area contributed by atoms with Crippen LogP contribution in [0.5, 0.6) is 5.75 Å². The fourth-order valence-electron chi connectivity index (χ4n) is 4.34. The van der Waals surface area contributed by atoms with Crippen molar-refractivity contribution in [3.05, 3.63) is 23.3 Å². The summed E-state index contributed by atoms with van der Waals surface area (Å²) in [4.78, 5) is 40.3. The Balaban J connectivity index is 1.46. The van der Waals surface area contributed by atoms with Gasteiger partial charge in [-0.3, -0.25) is 19.7 Å². The number of benzene rings is 1. The van der Waals surface area contributed by atoms with Crippen LogP contribution in [0.1, 0.15) is 28.8 Å². The van der Waals surface area contributed by atoms with Gasteiger partial charge in [0.2, 0.25) is 11.8 Å². The van der Waals surface area contributed by atoms with Crippen LogP contribution in [0.15, 0.2) is 12.1 Å². The van der Waals surface area contributed by atoms with Crippen LogP contribution in [-0.2, 0) is 16.1 Å². The normalized spacial score (nSPS) is 27.5. The van der Waals surface area contributed by atoms with Crippen LogP contribution in [0.3, 0.4) is 0 Å². The number of ether oxygens (including phenoxy) is 1. The molecule has 0 unspecified atom stereocenters. The fourth-order valence-corrected chi connectivity index (χ4v) is 4.34. The molecular formula is C18H20N4O4. The van der Waals surface area contributed by atoms with Crippen molar-refractivity contribution in [1.82, 2.24) is 15.5 Å². The highest BCUT2D eigenvalue weighted by Gasteiger charge is 2.40. The maximum absolute atomic E-state index is 12.9. The molecule has 1 aromatic rings. The van der Waals surface area contributed by atoms with E-state index in [1.54, 1.807) is 4.90 Å². The lowest BCUT2D eigenvalue weighted by Gasteiger charge is -2.42. The van der Waals surface area contributed by atoms with Crippen molar-refractivity contribution >= 4 is 23.4 Å². The number of rotatable bonds is 1. The molecule has 2 fully saturated rings. The molecule has 0 aliphatic carbocycles. The Morgan fingerprint density at radius 1 is 1.15 bits per heavy atom. The Kier molecular flexibility index (Phi) is 3.43. The number of hydrogen-bond donors (Lipinski definition) is 2. The highest BCUT2D eigenvalue weighted by Crippen LogP contribution is 2.40. The second kappa shape index (κ2) is 5.70. The Morgan fingerprint density at radius 3 is 2.88 bits per heavy atom. The molecule has 8 nitrogen and oxygen atoms in total. The van der Waals surface area contributed by atoms with Gasteiger partial charge in [-0.05, 0) is 24.1 Å². The van der Waals surface area contributed by atoms with Gasteiger partial charge in [0, 0.05) is 38.2 Å². The predicted molar refractivity (Wildman–Crippen MR) is 92.0 cm³/mol. The zero-order valence-electron chi connectivity index (χ0n) is 14.3. The Bertz CT molecular complexity index is 824. The van der Waals surface area contributed by atoms with E-state index in [-0.39, 0.29) is 24.1 Å². The number of imide groups is 1. The second-order valence-electron chi connectivity index (χ2n) is 7.24. The average molecular weight is 356 g/mol. The summed E-state index contributed by atoms with van der Waals surface area (Å²) in [5, 5.41) is 5.71. The van der Waals surface area contributed by atoms with Gasteiger partial charge in [-0.2, -0.15) is 0 Å². The summed E-state index contributed by atoms with van der Waals surface area (Å²) in [6, 6.07) is 3.57. The molecule has 136 valence electrons. The minimum Gasteiger partial charge on any atom is -0.489 e. The van der Waals surface area contributed by atoms with E-state index in [1.165, 1.54) is 0 Å². The van der Waals surface area contributed by atoms with Crippen LogP contribution in [0, 0.1) is 0 Å². The third-order valence-electron chi connectivity index (χ3n) is 5.69. The molecule has 5 rings (SSSR count). The molecule has 4 aliphatic heterocycles. The third-order valence-corrected chi connectivity index (χ3v) is 5.69. The van der Waals surface area contributed by atoms with Gasteiger partial charge in [0.15, 0.2) is 0 Å². The van der Waals surface area contributed by atoms with E-state index in [1.807, 2.05) is 12.1 Å². The summed E-state index contributed by atoms with van der Waals surface area (Å²) < 4.78 is 5.91. The number of nitrogens with zero attached hydrogens (tertiary/aromatic N) is 2. The average Bonchev–Trinajstić information content (AvgIpc) is 2.96. The maximum atomic E-state index is 12.9. The van der Waals surface area contributed by atoms with Crippen LogP contribution in [-0.4, -0.2) is 60.9 Å². The van der Waals surface area contributed by atoms with Gasteiger partial charge in [0.25, 0.3) is 5.91 Å². The number of anilines is 1. The van der Waals surface area contributed by atoms with Crippen molar-refractivity contribution in [2.75, 3.05) is 31.1 Å². The first-order valence-corrected chi connectivity index (χ1v) is 9.03. The van der Waals surface area contributed by atoms with E-state index >= 15 is 0 Å². The minimum atomic E-state index is -0.586. The molecule has 2 atom stereocenters. The van der Waals surface area contributed by atoms with Gasteiger partial charge >= 0.3 is 0 Å². The van der Waals surface area contributed by atoms with E-state index in [0.717, 1.165) is 36.6 Å². The van der Waals surface area contributed by atoms with Crippen molar-refractivity contribution in [1.29, 1.82) is 0 Å². The zero-order valence-corrected chi connectivity index (χ0v) is 14.3. The number of nitrogens with one attached hydrogen (secondary N) is 2. The number of hydrogen-bond acceptors (Lipinski definition) is 6. The Hall–Kier alpha value is -2.61. The predicted octanol–water partition coefficient (Wildman–Crippen LogP) is -0.382. The van der Waals surface area contributed by atoms with Gasteiger partial charge in [0.05, 0.1) is 11.7 Å². The van der Waals surface area contributed by atoms with Crippen molar-refractivity contribution in [3.63, 3.8) is 0 Å². The first-order valence-electron chi connectivity index (χ1n) is 9.03. The van der Waals surface area contributed by atoms with Gasteiger partial charge in [-0.1, -0.05) is 0 Å². The number of piperidine rings is 1. The first-order chi connectivity index (χ1) is 12.6. The standard InChI is InChI=1S/C18H20N4O4/c23-16-2-1-13(17(24)20-16)22-8-10-5-14-15(6-12(10)18(22)25)26-9-11-7-19-3-4-21(11)14/h5-6,11,13,19H,1-4,7-9H2,(H,20,23,24)/t11-,13+/m0/s1. The molecule has 4 heterocycles.